The Labute approximate surface area is 129 Å². The van der Waals surface area contributed by atoms with E-state index in [9.17, 15) is 0 Å². The van der Waals surface area contributed by atoms with Crippen LogP contribution in [0.4, 0.5) is 0 Å². The number of ether oxygens (including phenoxy) is 3. The van der Waals surface area contributed by atoms with Gasteiger partial charge in [-0.3, -0.25) is 0 Å². The Morgan fingerprint density at radius 3 is 2.05 bits per heavy atom. The largest absolute Gasteiger partial charge is 0.379 e. The molecule has 20 heavy (non-hydrogen) atoms. The molecule has 0 aromatic carbocycles. The second-order valence-corrected chi connectivity index (χ2v) is 5.62. The van der Waals surface area contributed by atoms with E-state index in [1.807, 2.05) is 11.8 Å². The van der Waals surface area contributed by atoms with Gasteiger partial charge in [-0.25, -0.2) is 0 Å². The molecule has 0 aliphatic rings. The molecule has 0 saturated heterocycles. The summed E-state index contributed by atoms with van der Waals surface area (Å²) >= 11 is 1.88. The van der Waals surface area contributed by atoms with Crippen LogP contribution in [0.15, 0.2) is 0 Å². The minimum atomic E-state index is 0.602. The summed E-state index contributed by atoms with van der Waals surface area (Å²) < 4.78 is 16.3. The highest BCUT2D eigenvalue weighted by Gasteiger charge is 2.02. The first kappa shape index (κ1) is 20.2. The third-order valence-electron chi connectivity index (χ3n) is 2.93. The van der Waals surface area contributed by atoms with Crippen molar-refractivity contribution in [2.75, 3.05) is 58.2 Å². The topological polar surface area (TPSA) is 39.7 Å². The van der Waals surface area contributed by atoms with E-state index < -0.39 is 0 Å². The van der Waals surface area contributed by atoms with Gasteiger partial charge < -0.3 is 19.5 Å². The molecule has 5 heteroatoms. The lowest BCUT2D eigenvalue weighted by Crippen LogP contribution is -2.33. The summed E-state index contributed by atoms with van der Waals surface area (Å²) in [5.41, 5.74) is 0. The molecule has 4 nitrogen and oxygen atoms in total. The lowest BCUT2D eigenvalue weighted by Gasteiger charge is -2.15. The fourth-order valence-electron chi connectivity index (χ4n) is 1.65. The molecule has 122 valence electrons. The zero-order chi connectivity index (χ0) is 14.9. The first-order valence-corrected chi connectivity index (χ1v) is 9.20. The zero-order valence-electron chi connectivity index (χ0n) is 13.5. The van der Waals surface area contributed by atoms with Crippen LogP contribution in [0.2, 0.25) is 0 Å². The van der Waals surface area contributed by atoms with Crippen LogP contribution in [-0.2, 0) is 14.2 Å². The summed E-state index contributed by atoms with van der Waals surface area (Å²) in [6.07, 6.45) is 5.62. The highest BCUT2D eigenvalue weighted by molar-refractivity contribution is 7.98. The fraction of sp³-hybridized carbons (Fsp3) is 1.00. The molecule has 0 aromatic heterocycles. The molecule has 0 radical (unpaired) electrons. The lowest BCUT2D eigenvalue weighted by atomic mass is 10.2. The molecule has 0 spiro atoms. The third-order valence-corrected chi connectivity index (χ3v) is 3.66. The maximum absolute atomic E-state index is 5.52. The van der Waals surface area contributed by atoms with Gasteiger partial charge in [-0.2, -0.15) is 11.8 Å². The van der Waals surface area contributed by atoms with Crippen molar-refractivity contribution in [1.29, 1.82) is 0 Å². The fourth-order valence-corrected chi connectivity index (χ4v) is 2.40. The van der Waals surface area contributed by atoms with Crippen LogP contribution in [0.1, 0.15) is 33.1 Å². The van der Waals surface area contributed by atoms with Gasteiger partial charge in [0, 0.05) is 24.9 Å². The average Bonchev–Trinajstić information content (AvgIpc) is 2.47. The Kier molecular flexibility index (Phi) is 17.4. The molecule has 0 aliphatic heterocycles. The summed E-state index contributed by atoms with van der Waals surface area (Å²) in [5.74, 6) is 1.16. The van der Waals surface area contributed by atoms with Gasteiger partial charge in [0.15, 0.2) is 0 Å². The number of unbranched alkanes of at least 4 members (excludes halogenated alkanes) is 1. The summed E-state index contributed by atoms with van der Waals surface area (Å²) in [4.78, 5) is 0. The number of nitrogens with one attached hydrogen (secondary N) is 1. The first-order chi connectivity index (χ1) is 9.85. The smallest absolute Gasteiger partial charge is 0.0701 e. The monoisotopic (exact) mass is 307 g/mol. The summed E-state index contributed by atoms with van der Waals surface area (Å²) in [5, 5.41) is 3.49. The van der Waals surface area contributed by atoms with Crippen LogP contribution in [0.5, 0.6) is 0 Å². The molecule has 0 bridgehead atoms. The van der Waals surface area contributed by atoms with E-state index in [-0.39, 0.29) is 0 Å². The van der Waals surface area contributed by atoms with Crippen LogP contribution in [0.25, 0.3) is 0 Å². The van der Waals surface area contributed by atoms with Crippen molar-refractivity contribution in [2.24, 2.45) is 0 Å². The van der Waals surface area contributed by atoms with Crippen LogP contribution in [0.3, 0.4) is 0 Å². The van der Waals surface area contributed by atoms with Gasteiger partial charge in [0.05, 0.1) is 33.0 Å². The van der Waals surface area contributed by atoms with Gasteiger partial charge in [-0.15, -0.1) is 0 Å². The number of hydrogen-bond donors (Lipinski definition) is 1. The zero-order valence-corrected chi connectivity index (χ0v) is 14.3. The van der Waals surface area contributed by atoms with Gasteiger partial charge in [0.25, 0.3) is 0 Å². The van der Waals surface area contributed by atoms with Crippen molar-refractivity contribution in [1.82, 2.24) is 5.32 Å². The summed E-state index contributed by atoms with van der Waals surface area (Å²) in [6, 6.07) is 0.602. The van der Waals surface area contributed by atoms with Crippen molar-refractivity contribution in [3.8, 4) is 0 Å². The number of rotatable bonds is 16. The van der Waals surface area contributed by atoms with Gasteiger partial charge in [-0.1, -0.05) is 20.3 Å². The van der Waals surface area contributed by atoms with Crippen LogP contribution >= 0.6 is 11.8 Å². The predicted molar refractivity (Wildman–Crippen MR) is 87.8 cm³/mol. The molecule has 1 unspecified atom stereocenters. The second-order valence-electron chi connectivity index (χ2n) is 4.71. The number of thioether (sulfide) groups is 1. The first-order valence-electron chi connectivity index (χ1n) is 7.80. The lowest BCUT2D eigenvalue weighted by molar-refractivity contribution is 0.0144. The van der Waals surface area contributed by atoms with Crippen LogP contribution in [-0.4, -0.2) is 64.2 Å². The molecule has 1 atom stereocenters. The molecule has 0 aromatic rings. The van der Waals surface area contributed by atoms with E-state index in [1.165, 1.54) is 12.8 Å². The minimum absolute atomic E-state index is 0.602. The Morgan fingerprint density at radius 2 is 1.50 bits per heavy atom. The van der Waals surface area contributed by atoms with Crippen molar-refractivity contribution in [3.05, 3.63) is 0 Å². The van der Waals surface area contributed by atoms with Crippen LogP contribution in [0, 0.1) is 0 Å². The maximum atomic E-state index is 5.52. The number of hydrogen-bond acceptors (Lipinski definition) is 5. The van der Waals surface area contributed by atoms with Gasteiger partial charge >= 0.3 is 0 Å². The average molecular weight is 308 g/mol. The maximum Gasteiger partial charge on any atom is 0.0701 e. The Hall–Kier alpha value is 0.190. The van der Waals surface area contributed by atoms with E-state index >= 15 is 0 Å². The summed E-state index contributed by atoms with van der Waals surface area (Å²) in [7, 11) is 0. The highest BCUT2D eigenvalue weighted by Crippen LogP contribution is 2.00. The van der Waals surface area contributed by atoms with E-state index in [0.717, 1.165) is 31.9 Å². The van der Waals surface area contributed by atoms with Gasteiger partial charge in [0.2, 0.25) is 0 Å². The molecule has 1 N–H and O–H groups in total. The van der Waals surface area contributed by atoms with E-state index in [0.29, 0.717) is 32.5 Å². The Morgan fingerprint density at radius 1 is 0.900 bits per heavy atom. The van der Waals surface area contributed by atoms with Crippen molar-refractivity contribution in [2.45, 2.75) is 39.2 Å². The SMILES string of the molecule is CCCCOCCOCCOCCNC(CC)CSC. The molecular weight excluding hydrogens is 274 g/mol. The van der Waals surface area contributed by atoms with E-state index in [4.69, 9.17) is 14.2 Å². The Balaban J connectivity index is 3.09. The molecule has 0 fully saturated rings. The quantitative estimate of drug-likeness (QED) is 0.444. The van der Waals surface area contributed by atoms with Gasteiger partial charge in [-0.05, 0) is 19.1 Å². The molecule has 0 rings (SSSR count). The van der Waals surface area contributed by atoms with Crippen molar-refractivity contribution in [3.63, 3.8) is 0 Å². The van der Waals surface area contributed by atoms with Crippen molar-refractivity contribution < 1.29 is 14.2 Å². The van der Waals surface area contributed by atoms with Crippen molar-refractivity contribution >= 4 is 11.8 Å². The Bertz CT molecular complexity index is 185. The van der Waals surface area contributed by atoms with Gasteiger partial charge in [0.1, 0.15) is 0 Å². The van der Waals surface area contributed by atoms with E-state index in [1.54, 1.807) is 0 Å². The predicted octanol–water partition coefficient (Wildman–Crippen LogP) is 2.57. The molecule has 0 amide bonds. The second kappa shape index (κ2) is 17.2. The molecule has 0 aliphatic carbocycles. The molecule has 0 saturated carbocycles. The molecule has 0 heterocycles. The summed E-state index contributed by atoms with van der Waals surface area (Å²) in [6.45, 7) is 9.55. The van der Waals surface area contributed by atoms with E-state index in [2.05, 4.69) is 25.4 Å². The van der Waals surface area contributed by atoms with Crippen LogP contribution < -0.4 is 5.32 Å². The molecular formula is C15H33NO3S. The minimum Gasteiger partial charge on any atom is -0.379 e. The normalized spacial score (nSPS) is 12.8. The highest BCUT2D eigenvalue weighted by atomic mass is 32.2. The third kappa shape index (κ3) is 14.6. The standard InChI is InChI=1S/C15H33NO3S/c1-4-6-8-17-10-12-19-13-11-18-9-7-16-15(5-2)14-20-3/h15-16H,4-14H2,1-3H3.